The van der Waals surface area contributed by atoms with Gasteiger partial charge in [-0.15, -0.1) is 0 Å². The zero-order valence-corrected chi connectivity index (χ0v) is 11.0. The van der Waals surface area contributed by atoms with E-state index in [2.05, 4.69) is 4.72 Å². The second-order valence-corrected chi connectivity index (χ2v) is 5.80. The molecule has 1 aromatic rings. The number of hydrogen-bond donors (Lipinski definition) is 2. The highest BCUT2D eigenvalue weighted by molar-refractivity contribution is 7.92. The van der Waals surface area contributed by atoms with Crippen LogP contribution in [0.3, 0.4) is 0 Å². The van der Waals surface area contributed by atoms with Gasteiger partial charge in [0.1, 0.15) is 0 Å². The average molecular weight is 257 g/mol. The van der Waals surface area contributed by atoms with Crippen molar-refractivity contribution in [3.8, 4) is 0 Å². The zero-order chi connectivity index (χ0) is 12.9. The van der Waals surface area contributed by atoms with Crippen molar-refractivity contribution in [2.75, 3.05) is 17.1 Å². The molecule has 0 aliphatic heterocycles. The highest BCUT2D eigenvalue weighted by Gasteiger charge is 2.13. The Morgan fingerprint density at radius 2 is 2.06 bits per heavy atom. The minimum absolute atomic E-state index is 0.0546. The Labute approximate surface area is 103 Å². The lowest BCUT2D eigenvalue weighted by Gasteiger charge is -2.14. The van der Waals surface area contributed by atoms with Crippen LogP contribution in [0.15, 0.2) is 18.2 Å². The highest BCUT2D eigenvalue weighted by Crippen LogP contribution is 2.22. The first kappa shape index (κ1) is 14.0. The van der Waals surface area contributed by atoms with Crippen LogP contribution in [0.5, 0.6) is 0 Å². The normalized spacial score (nSPS) is 11.5. The summed E-state index contributed by atoms with van der Waals surface area (Å²) in [6.45, 7) is 3.75. The molecule has 0 bridgehead atoms. The third kappa shape index (κ3) is 4.02. The van der Waals surface area contributed by atoms with Gasteiger partial charge in [0, 0.05) is 6.61 Å². The van der Waals surface area contributed by atoms with Crippen molar-refractivity contribution < 1.29 is 13.5 Å². The SMILES string of the molecule is CCc1cccc(C)c1NS(=O)(=O)CCCO. The van der Waals surface area contributed by atoms with Gasteiger partial charge in [-0.3, -0.25) is 4.72 Å². The molecule has 0 saturated carbocycles. The van der Waals surface area contributed by atoms with E-state index in [9.17, 15) is 8.42 Å². The van der Waals surface area contributed by atoms with Gasteiger partial charge in [-0.25, -0.2) is 8.42 Å². The van der Waals surface area contributed by atoms with Crippen molar-refractivity contribution in [3.63, 3.8) is 0 Å². The van der Waals surface area contributed by atoms with Gasteiger partial charge in [0.2, 0.25) is 10.0 Å². The molecule has 0 unspecified atom stereocenters. The Morgan fingerprint density at radius 3 is 2.65 bits per heavy atom. The smallest absolute Gasteiger partial charge is 0.232 e. The minimum Gasteiger partial charge on any atom is -0.396 e. The quantitative estimate of drug-likeness (QED) is 0.815. The molecule has 0 radical (unpaired) electrons. The summed E-state index contributed by atoms with van der Waals surface area (Å²) < 4.78 is 26.1. The summed E-state index contributed by atoms with van der Waals surface area (Å²) in [5.41, 5.74) is 2.57. The van der Waals surface area contributed by atoms with E-state index in [4.69, 9.17) is 5.11 Å². The molecule has 96 valence electrons. The molecule has 2 N–H and O–H groups in total. The Balaban J connectivity index is 2.94. The van der Waals surface area contributed by atoms with Gasteiger partial charge >= 0.3 is 0 Å². The molecule has 1 aromatic carbocycles. The molecular weight excluding hydrogens is 238 g/mol. The minimum atomic E-state index is -3.36. The van der Waals surface area contributed by atoms with Crippen LogP contribution < -0.4 is 4.72 Å². The van der Waals surface area contributed by atoms with Crippen molar-refractivity contribution >= 4 is 15.7 Å². The first-order chi connectivity index (χ1) is 8.00. The van der Waals surface area contributed by atoms with Crippen molar-refractivity contribution in [1.29, 1.82) is 0 Å². The fraction of sp³-hybridized carbons (Fsp3) is 0.500. The van der Waals surface area contributed by atoms with Crippen LogP contribution in [0, 0.1) is 6.92 Å². The number of benzene rings is 1. The van der Waals surface area contributed by atoms with E-state index in [0.717, 1.165) is 17.5 Å². The van der Waals surface area contributed by atoms with Crippen molar-refractivity contribution in [3.05, 3.63) is 29.3 Å². The van der Waals surface area contributed by atoms with Crippen molar-refractivity contribution in [2.24, 2.45) is 0 Å². The molecule has 0 spiro atoms. The standard InChI is InChI=1S/C12H19NO3S/c1-3-11-7-4-6-10(2)12(11)13-17(15,16)9-5-8-14/h4,6-7,13-14H,3,5,8-9H2,1-2H3. The molecular formula is C12H19NO3S. The molecule has 0 saturated heterocycles. The molecule has 1 rings (SSSR count). The summed E-state index contributed by atoms with van der Waals surface area (Å²) in [5, 5.41) is 8.66. The number of aliphatic hydroxyl groups is 1. The number of nitrogens with one attached hydrogen (secondary N) is 1. The number of aliphatic hydroxyl groups excluding tert-OH is 1. The second-order valence-electron chi connectivity index (χ2n) is 3.96. The second kappa shape index (κ2) is 6.02. The van der Waals surface area contributed by atoms with Gasteiger partial charge in [0.05, 0.1) is 11.4 Å². The van der Waals surface area contributed by atoms with Gasteiger partial charge < -0.3 is 5.11 Å². The topological polar surface area (TPSA) is 66.4 Å². The molecule has 0 amide bonds. The van der Waals surface area contributed by atoms with Crippen molar-refractivity contribution in [2.45, 2.75) is 26.7 Å². The van der Waals surface area contributed by atoms with Crippen LogP contribution in [0.4, 0.5) is 5.69 Å². The van der Waals surface area contributed by atoms with E-state index >= 15 is 0 Å². The van der Waals surface area contributed by atoms with E-state index in [1.807, 2.05) is 32.0 Å². The molecule has 0 fully saturated rings. The number of anilines is 1. The predicted octanol–water partition coefficient (Wildman–Crippen LogP) is 1.68. The van der Waals surface area contributed by atoms with Crippen LogP contribution in [0.2, 0.25) is 0 Å². The molecule has 0 heterocycles. The van der Waals surface area contributed by atoms with E-state index in [0.29, 0.717) is 5.69 Å². The number of para-hydroxylation sites is 1. The van der Waals surface area contributed by atoms with E-state index in [1.54, 1.807) is 0 Å². The van der Waals surface area contributed by atoms with Gasteiger partial charge in [0.25, 0.3) is 0 Å². The summed E-state index contributed by atoms with van der Waals surface area (Å²) in [4.78, 5) is 0. The van der Waals surface area contributed by atoms with E-state index < -0.39 is 10.0 Å². The molecule has 0 atom stereocenters. The van der Waals surface area contributed by atoms with E-state index in [-0.39, 0.29) is 18.8 Å². The lowest BCUT2D eigenvalue weighted by Crippen LogP contribution is -2.19. The summed E-state index contributed by atoms with van der Waals surface area (Å²) in [6, 6.07) is 5.71. The monoisotopic (exact) mass is 257 g/mol. The average Bonchev–Trinajstić information content (AvgIpc) is 2.29. The first-order valence-corrected chi connectivity index (χ1v) is 7.35. The summed E-state index contributed by atoms with van der Waals surface area (Å²) in [5.74, 6) is -0.0546. The van der Waals surface area contributed by atoms with Crippen LogP contribution >= 0.6 is 0 Å². The van der Waals surface area contributed by atoms with Gasteiger partial charge in [-0.1, -0.05) is 25.1 Å². The van der Waals surface area contributed by atoms with E-state index in [1.165, 1.54) is 0 Å². The maximum atomic E-state index is 11.8. The lowest BCUT2D eigenvalue weighted by atomic mass is 10.1. The van der Waals surface area contributed by atoms with Crippen LogP contribution in [0.1, 0.15) is 24.5 Å². The molecule has 0 aliphatic carbocycles. The predicted molar refractivity (Wildman–Crippen MR) is 69.7 cm³/mol. The lowest BCUT2D eigenvalue weighted by molar-refractivity contribution is 0.295. The van der Waals surface area contributed by atoms with Gasteiger partial charge in [-0.2, -0.15) is 0 Å². The molecule has 0 aromatic heterocycles. The van der Waals surface area contributed by atoms with Crippen LogP contribution in [-0.4, -0.2) is 25.9 Å². The Morgan fingerprint density at radius 1 is 1.35 bits per heavy atom. The van der Waals surface area contributed by atoms with Crippen molar-refractivity contribution in [1.82, 2.24) is 0 Å². The summed E-state index contributed by atoms with van der Waals surface area (Å²) in [6.07, 6.45) is 1.03. The van der Waals surface area contributed by atoms with Gasteiger partial charge in [0.15, 0.2) is 0 Å². The molecule has 4 nitrogen and oxygen atoms in total. The van der Waals surface area contributed by atoms with Crippen LogP contribution in [-0.2, 0) is 16.4 Å². The fourth-order valence-electron chi connectivity index (χ4n) is 1.63. The third-order valence-electron chi connectivity index (χ3n) is 2.57. The third-order valence-corrected chi connectivity index (χ3v) is 3.91. The summed E-state index contributed by atoms with van der Waals surface area (Å²) in [7, 11) is -3.36. The zero-order valence-electron chi connectivity index (χ0n) is 10.2. The highest BCUT2D eigenvalue weighted by atomic mass is 32.2. The first-order valence-electron chi connectivity index (χ1n) is 5.70. The Kier molecular flexibility index (Phi) is 4.96. The fourth-order valence-corrected chi connectivity index (χ4v) is 2.84. The Bertz CT molecular complexity index is 469. The maximum absolute atomic E-state index is 11.8. The molecule has 5 heteroatoms. The van der Waals surface area contributed by atoms with Crippen LogP contribution in [0.25, 0.3) is 0 Å². The Hall–Kier alpha value is -1.07. The largest absolute Gasteiger partial charge is 0.396 e. The number of aryl methyl sites for hydroxylation is 2. The molecule has 0 aliphatic rings. The molecule has 17 heavy (non-hydrogen) atoms. The summed E-state index contributed by atoms with van der Waals surface area (Å²) >= 11 is 0. The van der Waals surface area contributed by atoms with Gasteiger partial charge in [-0.05, 0) is 30.9 Å². The maximum Gasteiger partial charge on any atom is 0.232 e. The number of rotatable bonds is 6. The number of sulfonamides is 1. The number of hydrogen-bond acceptors (Lipinski definition) is 3.